The normalized spacial score (nSPS) is 20.4. The number of benzene rings is 1. The Labute approximate surface area is 157 Å². The molecular weight excluding hydrogens is 346 g/mol. The summed E-state index contributed by atoms with van der Waals surface area (Å²) in [6.07, 6.45) is 0.287. The van der Waals surface area contributed by atoms with Crippen LogP contribution in [0.1, 0.15) is 27.4 Å². The second kappa shape index (κ2) is 7.59. The van der Waals surface area contributed by atoms with E-state index in [2.05, 4.69) is 32.7 Å². The second-order valence-electron chi connectivity index (χ2n) is 7.03. The molecule has 0 spiro atoms. The molecule has 8 nitrogen and oxygen atoms in total. The number of hydrogen-bond donors (Lipinski definition) is 4. The Hall–Kier alpha value is -2.55. The lowest BCUT2D eigenvalue weighted by molar-refractivity contribution is 0.0209. The van der Waals surface area contributed by atoms with Gasteiger partial charge in [-0.2, -0.15) is 0 Å². The first-order chi connectivity index (χ1) is 13.1. The van der Waals surface area contributed by atoms with Crippen LogP contribution in [0.2, 0.25) is 0 Å². The smallest absolute Gasteiger partial charge is 0.267 e. The van der Waals surface area contributed by atoms with Crippen molar-refractivity contribution in [1.29, 1.82) is 0 Å². The molecule has 2 atom stereocenters. The fourth-order valence-electron chi connectivity index (χ4n) is 3.40. The van der Waals surface area contributed by atoms with Crippen molar-refractivity contribution in [2.24, 2.45) is 5.73 Å². The minimum absolute atomic E-state index is 0.0998. The van der Waals surface area contributed by atoms with E-state index in [0.29, 0.717) is 31.4 Å². The van der Waals surface area contributed by atoms with Crippen molar-refractivity contribution in [3.05, 3.63) is 53.0 Å². The Balaban J connectivity index is 1.48. The number of aromatic nitrogens is 2. The van der Waals surface area contributed by atoms with Gasteiger partial charge < -0.3 is 26.2 Å². The van der Waals surface area contributed by atoms with Gasteiger partial charge in [0, 0.05) is 25.1 Å². The third kappa shape index (κ3) is 4.08. The molecule has 0 saturated carbocycles. The molecule has 2 aliphatic heterocycles. The predicted molar refractivity (Wildman–Crippen MR) is 99.3 cm³/mol. The van der Waals surface area contributed by atoms with Crippen molar-refractivity contribution in [1.82, 2.24) is 15.3 Å². The van der Waals surface area contributed by atoms with E-state index < -0.39 is 12.0 Å². The summed E-state index contributed by atoms with van der Waals surface area (Å²) in [5, 5.41) is 17.3. The molecule has 2 aliphatic rings. The number of nitrogens with two attached hydrogens (primary N) is 1. The van der Waals surface area contributed by atoms with E-state index in [4.69, 9.17) is 10.5 Å². The highest BCUT2D eigenvalue weighted by Crippen LogP contribution is 2.20. The van der Waals surface area contributed by atoms with Gasteiger partial charge in [0.05, 0.1) is 25.4 Å². The van der Waals surface area contributed by atoms with E-state index in [1.807, 2.05) is 12.1 Å². The number of hydrogen-bond acceptors (Lipinski definition) is 7. The standard InChI is InChI=1S/C19H23N5O3/c20-19(26)15-6-17(22-13-9-27-10-13)24-18(23-15)7-16(25)14-5-11-3-1-2-4-12(11)8-21-14/h1-4,6,13-14,16,21,25H,5,7-10H2,(H2,20,26)(H,22,23,24)/t14-,16+/m0/s1. The highest BCUT2D eigenvalue weighted by Gasteiger charge is 2.26. The summed E-state index contributed by atoms with van der Waals surface area (Å²) >= 11 is 0. The molecule has 5 N–H and O–H groups in total. The summed E-state index contributed by atoms with van der Waals surface area (Å²) in [4.78, 5) is 20.3. The molecule has 0 unspecified atom stereocenters. The number of ether oxygens (including phenoxy) is 1. The number of rotatable bonds is 6. The Morgan fingerprint density at radius 2 is 2.11 bits per heavy atom. The van der Waals surface area contributed by atoms with Crippen LogP contribution in [0.5, 0.6) is 0 Å². The van der Waals surface area contributed by atoms with Crippen LogP contribution in [0.4, 0.5) is 5.82 Å². The van der Waals surface area contributed by atoms with E-state index in [9.17, 15) is 9.90 Å². The van der Waals surface area contributed by atoms with E-state index in [1.165, 1.54) is 17.2 Å². The lowest BCUT2D eigenvalue weighted by Gasteiger charge is -2.30. The molecule has 0 bridgehead atoms. The zero-order chi connectivity index (χ0) is 18.8. The molecule has 0 radical (unpaired) electrons. The monoisotopic (exact) mass is 369 g/mol. The van der Waals surface area contributed by atoms with E-state index in [-0.39, 0.29) is 24.2 Å². The highest BCUT2D eigenvalue weighted by atomic mass is 16.5. The zero-order valence-electron chi connectivity index (χ0n) is 14.9. The van der Waals surface area contributed by atoms with E-state index in [0.717, 1.165) is 6.42 Å². The first-order valence-corrected chi connectivity index (χ1v) is 9.09. The van der Waals surface area contributed by atoms with Gasteiger partial charge in [0.25, 0.3) is 5.91 Å². The van der Waals surface area contributed by atoms with Crippen LogP contribution >= 0.6 is 0 Å². The number of carbonyl (C=O) groups is 1. The Morgan fingerprint density at radius 3 is 2.81 bits per heavy atom. The van der Waals surface area contributed by atoms with Crippen molar-refractivity contribution < 1.29 is 14.6 Å². The van der Waals surface area contributed by atoms with E-state index >= 15 is 0 Å². The minimum atomic E-state index is -0.679. The fraction of sp³-hybridized carbons (Fsp3) is 0.421. The van der Waals surface area contributed by atoms with Crippen molar-refractivity contribution in [2.75, 3.05) is 18.5 Å². The largest absolute Gasteiger partial charge is 0.391 e. The second-order valence-corrected chi connectivity index (χ2v) is 7.03. The highest BCUT2D eigenvalue weighted by molar-refractivity contribution is 5.91. The maximum absolute atomic E-state index is 11.6. The van der Waals surface area contributed by atoms with Crippen LogP contribution in [0.25, 0.3) is 0 Å². The lowest BCUT2D eigenvalue weighted by atomic mass is 9.92. The molecule has 8 heteroatoms. The average Bonchev–Trinajstić information content (AvgIpc) is 2.64. The Kier molecular flexibility index (Phi) is 5.02. The summed E-state index contributed by atoms with van der Waals surface area (Å²) in [6, 6.07) is 9.80. The quantitative estimate of drug-likeness (QED) is 0.565. The van der Waals surface area contributed by atoms with Gasteiger partial charge in [0.1, 0.15) is 17.3 Å². The summed E-state index contributed by atoms with van der Waals surface area (Å²) in [7, 11) is 0. The van der Waals surface area contributed by atoms with Crippen molar-refractivity contribution in [3.63, 3.8) is 0 Å². The zero-order valence-corrected chi connectivity index (χ0v) is 14.9. The number of amides is 1. The predicted octanol–water partition coefficient (Wildman–Crippen LogP) is 0.00410. The molecule has 3 heterocycles. The molecule has 142 valence electrons. The van der Waals surface area contributed by atoms with Crippen LogP contribution < -0.4 is 16.4 Å². The van der Waals surface area contributed by atoms with Crippen LogP contribution in [0.15, 0.2) is 30.3 Å². The number of primary amides is 1. The third-order valence-electron chi connectivity index (χ3n) is 4.98. The summed E-state index contributed by atoms with van der Waals surface area (Å²) in [5.74, 6) is 0.296. The molecule has 1 fully saturated rings. The van der Waals surface area contributed by atoms with Crippen molar-refractivity contribution in [2.45, 2.75) is 37.6 Å². The molecule has 1 aromatic heterocycles. The molecule has 1 amide bonds. The number of fused-ring (bicyclic) bond motifs is 1. The van der Waals surface area contributed by atoms with Gasteiger partial charge in [-0.15, -0.1) is 0 Å². The number of aliphatic hydroxyl groups is 1. The molecule has 2 aromatic rings. The summed E-state index contributed by atoms with van der Waals surface area (Å²) in [5.41, 5.74) is 8.02. The molecule has 1 saturated heterocycles. The average molecular weight is 369 g/mol. The maximum Gasteiger partial charge on any atom is 0.267 e. The molecule has 1 aromatic carbocycles. The molecule has 4 rings (SSSR count). The Bertz CT molecular complexity index is 840. The van der Waals surface area contributed by atoms with Gasteiger partial charge in [-0.25, -0.2) is 9.97 Å². The van der Waals surface area contributed by atoms with Gasteiger partial charge >= 0.3 is 0 Å². The van der Waals surface area contributed by atoms with Crippen LogP contribution in [0.3, 0.4) is 0 Å². The van der Waals surface area contributed by atoms with Crippen molar-refractivity contribution in [3.8, 4) is 0 Å². The van der Waals surface area contributed by atoms with Gasteiger partial charge in [-0.05, 0) is 17.5 Å². The van der Waals surface area contributed by atoms with Crippen molar-refractivity contribution >= 4 is 11.7 Å². The first kappa shape index (κ1) is 17.8. The third-order valence-corrected chi connectivity index (χ3v) is 4.98. The topological polar surface area (TPSA) is 122 Å². The van der Waals surface area contributed by atoms with E-state index in [1.54, 1.807) is 0 Å². The van der Waals surface area contributed by atoms with Gasteiger partial charge in [-0.3, -0.25) is 4.79 Å². The Morgan fingerprint density at radius 1 is 1.33 bits per heavy atom. The SMILES string of the molecule is NC(=O)c1cc(NC2COC2)nc(C[C@@H](O)[C@@H]2Cc3ccccc3CN2)n1. The maximum atomic E-state index is 11.6. The molecule has 0 aliphatic carbocycles. The number of aliphatic hydroxyl groups excluding tert-OH is 1. The lowest BCUT2D eigenvalue weighted by Crippen LogP contribution is -2.45. The first-order valence-electron chi connectivity index (χ1n) is 9.09. The number of nitrogens with one attached hydrogen (secondary N) is 2. The van der Waals surface area contributed by atoms with Gasteiger partial charge in [-0.1, -0.05) is 24.3 Å². The number of nitrogens with zero attached hydrogens (tertiary/aromatic N) is 2. The van der Waals surface area contributed by atoms with Gasteiger partial charge in [0.2, 0.25) is 0 Å². The van der Waals surface area contributed by atoms with Crippen LogP contribution in [-0.4, -0.2) is 52.4 Å². The molecule has 27 heavy (non-hydrogen) atoms. The van der Waals surface area contributed by atoms with Crippen LogP contribution in [0, 0.1) is 0 Å². The van der Waals surface area contributed by atoms with Crippen LogP contribution in [-0.2, 0) is 24.1 Å². The summed E-state index contributed by atoms with van der Waals surface area (Å²) < 4.78 is 5.14. The fourth-order valence-corrected chi connectivity index (χ4v) is 3.40. The van der Waals surface area contributed by atoms with Gasteiger partial charge in [0.15, 0.2) is 0 Å². The minimum Gasteiger partial charge on any atom is -0.391 e. The summed E-state index contributed by atoms with van der Waals surface area (Å²) in [6.45, 7) is 1.91. The molecular formula is C19H23N5O3. The number of anilines is 1. The number of carbonyl (C=O) groups excluding carboxylic acids is 1.